The first-order chi connectivity index (χ1) is 6.33. The van der Waals surface area contributed by atoms with Gasteiger partial charge in [-0.15, -0.1) is 0 Å². The van der Waals surface area contributed by atoms with E-state index in [1.807, 2.05) is 0 Å². The van der Waals surface area contributed by atoms with Gasteiger partial charge in [0.1, 0.15) is 0 Å². The van der Waals surface area contributed by atoms with E-state index in [1.54, 1.807) is 6.92 Å². The van der Waals surface area contributed by atoms with Crippen molar-refractivity contribution in [1.82, 2.24) is 0 Å². The van der Waals surface area contributed by atoms with Crippen molar-refractivity contribution in [2.75, 3.05) is 6.61 Å². The van der Waals surface area contributed by atoms with E-state index in [9.17, 15) is 4.79 Å². The standard InChI is InChI=1S/C6H6N2O4Se/c1-2-10-6(9)5-4-3-7-11-13(4)12-8-5/h3H,2H2,1H3. The summed E-state index contributed by atoms with van der Waals surface area (Å²) in [6.07, 6.45) is 1.45. The molecule has 0 saturated carbocycles. The zero-order valence-corrected chi connectivity index (χ0v) is 8.43. The maximum absolute atomic E-state index is 11.2. The average molecular weight is 249 g/mol. The van der Waals surface area contributed by atoms with Crippen LogP contribution in [0.25, 0.3) is 0 Å². The van der Waals surface area contributed by atoms with Crippen LogP contribution in [0.5, 0.6) is 0 Å². The first-order valence-corrected chi connectivity index (χ1v) is 5.83. The van der Waals surface area contributed by atoms with Gasteiger partial charge >= 0.3 is 77.6 Å². The molecule has 2 heterocycles. The van der Waals surface area contributed by atoms with Gasteiger partial charge in [0.05, 0.1) is 0 Å². The van der Waals surface area contributed by atoms with Crippen molar-refractivity contribution < 1.29 is 17.4 Å². The number of esters is 1. The van der Waals surface area contributed by atoms with Gasteiger partial charge in [0, 0.05) is 0 Å². The molecule has 13 heavy (non-hydrogen) atoms. The van der Waals surface area contributed by atoms with Crippen molar-refractivity contribution in [3.8, 4) is 0 Å². The summed E-state index contributed by atoms with van der Waals surface area (Å²) < 4.78 is 15.1. The molecule has 2 aliphatic rings. The van der Waals surface area contributed by atoms with Crippen LogP contribution < -0.4 is 0 Å². The Morgan fingerprint density at radius 2 is 2.54 bits per heavy atom. The van der Waals surface area contributed by atoms with Crippen molar-refractivity contribution in [3.63, 3.8) is 0 Å². The molecule has 0 aliphatic carbocycles. The molecule has 1 unspecified atom stereocenters. The molecule has 7 heteroatoms. The fourth-order valence-corrected chi connectivity index (χ4v) is 2.64. The minimum absolute atomic E-state index is 0.188. The van der Waals surface area contributed by atoms with Crippen LogP contribution in [-0.2, 0) is 17.4 Å². The molecule has 0 aromatic rings. The van der Waals surface area contributed by atoms with Gasteiger partial charge in [0.2, 0.25) is 0 Å². The molecule has 0 amide bonds. The molecular formula is C6H6N2O4Se. The van der Waals surface area contributed by atoms with Gasteiger partial charge in [0.15, 0.2) is 0 Å². The van der Waals surface area contributed by atoms with Crippen LogP contribution in [0.4, 0.5) is 0 Å². The van der Waals surface area contributed by atoms with Crippen LogP contribution in [0, 0.1) is 0 Å². The minimum atomic E-state index is -1.86. The number of ether oxygens (including phenoxy) is 1. The molecule has 70 valence electrons. The van der Waals surface area contributed by atoms with Gasteiger partial charge in [-0.25, -0.2) is 0 Å². The van der Waals surface area contributed by atoms with E-state index in [0.29, 0.717) is 11.0 Å². The average Bonchev–Trinajstić information content (AvgIpc) is 2.62. The van der Waals surface area contributed by atoms with E-state index in [1.165, 1.54) is 6.21 Å². The summed E-state index contributed by atoms with van der Waals surface area (Å²) in [5.74, 6) is -0.485. The van der Waals surface area contributed by atoms with Crippen molar-refractivity contribution in [2.24, 2.45) is 10.3 Å². The zero-order valence-electron chi connectivity index (χ0n) is 6.72. The van der Waals surface area contributed by atoms with Crippen LogP contribution >= 0.6 is 0 Å². The van der Waals surface area contributed by atoms with Crippen LogP contribution in [-0.4, -0.2) is 43.0 Å². The Morgan fingerprint density at radius 3 is 3.31 bits per heavy atom. The monoisotopic (exact) mass is 250 g/mol. The molecule has 0 spiro atoms. The summed E-state index contributed by atoms with van der Waals surface area (Å²) in [4.78, 5) is 11.2. The molecule has 6 nitrogen and oxygen atoms in total. The van der Waals surface area contributed by atoms with Gasteiger partial charge in [-0.3, -0.25) is 0 Å². The second-order valence-electron chi connectivity index (χ2n) is 2.14. The Labute approximate surface area is 78.2 Å². The molecule has 0 bridgehead atoms. The van der Waals surface area contributed by atoms with E-state index in [0.717, 1.165) is 0 Å². The van der Waals surface area contributed by atoms with E-state index in [2.05, 4.69) is 10.3 Å². The third kappa shape index (κ3) is 1.36. The van der Waals surface area contributed by atoms with Crippen LogP contribution in [0.1, 0.15) is 6.92 Å². The summed E-state index contributed by atoms with van der Waals surface area (Å²) in [6, 6.07) is 0. The van der Waals surface area contributed by atoms with E-state index >= 15 is 0 Å². The molecule has 0 saturated heterocycles. The third-order valence-electron chi connectivity index (χ3n) is 1.36. The zero-order chi connectivity index (χ0) is 9.26. The van der Waals surface area contributed by atoms with Crippen molar-refractivity contribution >= 4 is 36.4 Å². The molecule has 2 rings (SSSR count). The predicted molar refractivity (Wildman–Crippen MR) is 45.5 cm³/mol. The van der Waals surface area contributed by atoms with Gasteiger partial charge in [-0.2, -0.15) is 0 Å². The van der Waals surface area contributed by atoms with E-state index in [-0.39, 0.29) is 5.71 Å². The first kappa shape index (κ1) is 8.40. The van der Waals surface area contributed by atoms with Crippen molar-refractivity contribution in [1.29, 1.82) is 0 Å². The topological polar surface area (TPSA) is 69.5 Å². The van der Waals surface area contributed by atoms with E-state index in [4.69, 9.17) is 12.6 Å². The summed E-state index contributed by atoms with van der Waals surface area (Å²) in [7, 11) is 0. The number of carbonyl (C=O) groups is 1. The van der Waals surface area contributed by atoms with Crippen LogP contribution in [0.2, 0.25) is 0 Å². The number of nitrogens with zero attached hydrogens (tertiary/aromatic N) is 2. The molecule has 2 aliphatic heterocycles. The van der Waals surface area contributed by atoms with Gasteiger partial charge in [0.25, 0.3) is 0 Å². The number of rotatable bonds is 2. The summed E-state index contributed by atoms with van der Waals surface area (Å²) in [6.45, 7) is 2.04. The number of hydrogen-bond donors (Lipinski definition) is 0. The molecule has 1 atom stereocenters. The summed E-state index contributed by atoms with van der Waals surface area (Å²) in [5, 5.41) is 7.12. The second-order valence-corrected chi connectivity index (χ2v) is 4.68. The number of carbonyl (C=O) groups excluding carboxylic acids is 1. The molecular weight excluding hydrogens is 243 g/mol. The van der Waals surface area contributed by atoms with E-state index < -0.39 is 20.1 Å². The van der Waals surface area contributed by atoms with Gasteiger partial charge in [-0.1, -0.05) is 0 Å². The Morgan fingerprint density at radius 1 is 1.69 bits per heavy atom. The Bertz CT molecular complexity index is 347. The molecule has 0 fully saturated rings. The van der Waals surface area contributed by atoms with Crippen LogP contribution in [0.15, 0.2) is 10.3 Å². The predicted octanol–water partition coefficient (Wildman–Crippen LogP) is -0.806. The van der Waals surface area contributed by atoms with Crippen molar-refractivity contribution in [3.05, 3.63) is 0 Å². The molecule has 0 N–H and O–H groups in total. The Kier molecular flexibility index (Phi) is 2.12. The quantitative estimate of drug-likeness (QED) is 0.474. The van der Waals surface area contributed by atoms with Gasteiger partial charge < -0.3 is 0 Å². The SMILES string of the molecule is CCOC(=O)C1=NO[Se]2=C1C=NO2. The first-order valence-electron chi connectivity index (χ1n) is 3.58. The van der Waals surface area contributed by atoms with Crippen LogP contribution in [0.3, 0.4) is 0 Å². The maximum atomic E-state index is 11.2. The Hall–Kier alpha value is -1.20. The van der Waals surface area contributed by atoms with Gasteiger partial charge in [-0.05, 0) is 0 Å². The molecule has 0 aromatic heterocycles. The number of hydrogen-bond acceptors (Lipinski definition) is 6. The summed E-state index contributed by atoms with van der Waals surface area (Å²) >= 11 is -1.86. The molecule has 0 aromatic carbocycles. The second kappa shape index (κ2) is 3.27. The fourth-order valence-electron chi connectivity index (χ4n) is 0.839. The third-order valence-corrected chi connectivity index (χ3v) is 3.64. The van der Waals surface area contributed by atoms with Crippen molar-refractivity contribution in [2.45, 2.75) is 6.92 Å². The fraction of sp³-hybridized carbons (Fsp3) is 0.333. The normalized spacial score (nSPS) is 23.3. The molecule has 0 radical (unpaired) electrons. The number of oxime groups is 2. The summed E-state index contributed by atoms with van der Waals surface area (Å²) in [5.41, 5.74) is 0.188. The Balaban J connectivity index is 2.17.